The van der Waals surface area contributed by atoms with Crippen molar-refractivity contribution in [2.75, 3.05) is 39.9 Å². The Hall–Kier alpha value is -2.50. The van der Waals surface area contributed by atoms with E-state index < -0.39 is 0 Å². The Bertz CT molecular complexity index is 920. The molecule has 0 atom stereocenters. The van der Waals surface area contributed by atoms with Crippen molar-refractivity contribution in [2.45, 2.75) is 13.0 Å². The van der Waals surface area contributed by atoms with Gasteiger partial charge in [0.25, 0.3) is 0 Å². The van der Waals surface area contributed by atoms with Gasteiger partial charge in [-0.25, -0.2) is 0 Å². The van der Waals surface area contributed by atoms with Crippen LogP contribution < -0.4 is 9.47 Å². The molecular formula is C23H25ClN2O3. The molecule has 6 heteroatoms. The van der Waals surface area contributed by atoms with Gasteiger partial charge in [0, 0.05) is 55.8 Å². The molecule has 0 saturated carbocycles. The summed E-state index contributed by atoms with van der Waals surface area (Å²) >= 11 is 6.05. The third-order valence-electron chi connectivity index (χ3n) is 5.44. The van der Waals surface area contributed by atoms with Crippen LogP contribution >= 0.6 is 11.6 Å². The zero-order valence-corrected chi connectivity index (χ0v) is 17.3. The molecular weight excluding hydrogens is 388 g/mol. The van der Waals surface area contributed by atoms with Crippen LogP contribution in [0.2, 0.25) is 5.02 Å². The predicted molar refractivity (Wildman–Crippen MR) is 115 cm³/mol. The predicted octanol–water partition coefficient (Wildman–Crippen LogP) is 3.64. The number of methoxy groups -OCH3 is 1. The van der Waals surface area contributed by atoms with Crippen LogP contribution in [0.3, 0.4) is 0 Å². The molecule has 0 aromatic heterocycles. The van der Waals surface area contributed by atoms with E-state index in [1.807, 2.05) is 4.90 Å². The lowest BCUT2D eigenvalue weighted by Gasteiger charge is -2.34. The maximum atomic E-state index is 12.6. The lowest BCUT2D eigenvalue weighted by Crippen LogP contribution is -2.47. The number of carbonyl (C=O) groups is 1. The van der Waals surface area contributed by atoms with E-state index in [-0.39, 0.29) is 5.91 Å². The topological polar surface area (TPSA) is 42.0 Å². The maximum absolute atomic E-state index is 12.6. The summed E-state index contributed by atoms with van der Waals surface area (Å²) in [4.78, 5) is 16.9. The van der Waals surface area contributed by atoms with E-state index in [0.29, 0.717) is 10.8 Å². The Morgan fingerprint density at radius 1 is 1.17 bits per heavy atom. The fraction of sp³-hybridized carbons (Fsp3) is 0.348. The molecule has 1 fully saturated rings. The first-order chi connectivity index (χ1) is 14.1. The molecule has 0 spiro atoms. The van der Waals surface area contributed by atoms with Crippen molar-refractivity contribution in [1.29, 1.82) is 0 Å². The van der Waals surface area contributed by atoms with Gasteiger partial charge in [-0.1, -0.05) is 23.7 Å². The van der Waals surface area contributed by atoms with Crippen LogP contribution in [0.1, 0.15) is 16.7 Å². The number of hydrogen-bond donors (Lipinski definition) is 0. The number of ether oxygens (including phenoxy) is 2. The number of benzene rings is 2. The summed E-state index contributed by atoms with van der Waals surface area (Å²) < 4.78 is 10.9. The van der Waals surface area contributed by atoms with Gasteiger partial charge in [0.2, 0.25) is 5.91 Å². The molecule has 2 aromatic carbocycles. The van der Waals surface area contributed by atoms with Crippen LogP contribution in [0.4, 0.5) is 0 Å². The number of fused-ring (bicyclic) bond motifs is 1. The third kappa shape index (κ3) is 4.74. The summed E-state index contributed by atoms with van der Waals surface area (Å²) in [5.41, 5.74) is 3.41. The molecule has 2 aromatic rings. The summed E-state index contributed by atoms with van der Waals surface area (Å²) in [6.45, 7) is 4.88. The monoisotopic (exact) mass is 412 g/mol. The highest BCUT2D eigenvalue weighted by Gasteiger charge is 2.20. The molecule has 2 heterocycles. The molecule has 2 aliphatic heterocycles. The van der Waals surface area contributed by atoms with Crippen LogP contribution in [0.25, 0.3) is 6.08 Å². The second-order valence-electron chi connectivity index (χ2n) is 7.36. The molecule has 2 aliphatic rings. The van der Waals surface area contributed by atoms with Gasteiger partial charge in [-0.2, -0.15) is 0 Å². The fourth-order valence-corrected chi connectivity index (χ4v) is 4.01. The zero-order valence-electron chi connectivity index (χ0n) is 16.6. The quantitative estimate of drug-likeness (QED) is 0.703. The van der Waals surface area contributed by atoms with Crippen molar-refractivity contribution < 1.29 is 14.3 Å². The molecule has 29 heavy (non-hydrogen) atoms. The Morgan fingerprint density at radius 2 is 2.00 bits per heavy atom. The van der Waals surface area contributed by atoms with Gasteiger partial charge in [-0.3, -0.25) is 9.69 Å². The first kappa shape index (κ1) is 19.8. The Kier molecular flexibility index (Phi) is 6.07. The van der Waals surface area contributed by atoms with Crippen LogP contribution in [0, 0.1) is 0 Å². The van der Waals surface area contributed by atoms with E-state index >= 15 is 0 Å². The van der Waals surface area contributed by atoms with Crippen molar-refractivity contribution in [3.8, 4) is 11.5 Å². The highest BCUT2D eigenvalue weighted by Crippen LogP contribution is 2.27. The largest absolute Gasteiger partial charge is 0.496 e. The van der Waals surface area contributed by atoms with E-state index in [1.54, 1.807) is 37.5 Å². The lowest BCUT2D eigenvalue weighted by atomic mass is 10.1. The Balaban J connectivity index is 1.31. The molecule has 0 bridgehead atoms. The summed E-state index contributed by atoms with van der Waals surface area (Å²) in [5, 5.41) is 0.615. The van der Waals surface area contributed by atoms with Gasteiger partial charge in [-0.15, -0.1) is 0 Å². The van der Waals surface area contributed by atoms with Gasteiger partial charge in [-0.05, 0) is 41.5 Å². The Labute approximate surface area is 176 Å². The number of rotatable bonds is 5. The first-order valence-corrected chi connectivity index (χ1v) is 10.3. The molecule has 1 amide bonds. The number of carbonyl (C=O) groups excluding carboxylic acids is 1. The lowest BCUT2D eigenvalue weighted by molar-refractivity contribution is -0.127. The number of hydrogen-bond acceptors (Lipinski definition) is 4. The average Bonchev–Trinajstić information content (AvgIpc) is 3.20. The smallest absolute Gasteiger partial charge is 0.246 e. The molecule has 1 saturated heterocycles. The highest BCUT2D eigenvalue weighted by atomic mass is 35.5. The van der Waals surface area contributed by atoms with Crippen LogP contribution in [-0.2, 0) is 17.8 Å². The van der Waals surface area contributed by atoms with E-state index in [2.05, 4.69) is 23.1 Å². The van der Waals surface area contributed by atoms with Crippen LogP contribution in [-0.4, -0.2) is 55.6 Å². The minimum atomic E-state index is 0.0151. The zero-order chi connectivity index (χ0) is 20.2. The molecule has 4 rings (SSSR count). The summed E-state index contributed by atoms with van der Waals surface area (Å²) in [6.07, 6.45) is 4.37. The number of halogens is 1. The second-order valence-corrected chi connectivity index (χ2v) is 7.80. The van der Waals surface area contributed by atoms with E-state index in [9.17, 15) is 4.79 Å². The molecule has 0 aliphatic carbocycles. The van der Waals surface area contributed by atoms with Gasteiger partial charge >= 0.3 is 0 Å². The summed E-state index contributed by atoms with van der Waals surface area (Å²) in [7, 11) is 1.61. The maximum Gasteiger partial charge on any atom is 0.246 e. The van der Waals surface area contributed by atoms with Crippen molar-refractivity contribution in [3.63, 3.8) is 0 Å². The van der Waals surface area contributed by atoms with Gasteiger partial charge in [0.15, 0.2) is 0 Å². The SMILES string of the molecule is COc1ccc(Cl)cc1C=CC(=O)N1CCN(Cc2ccc3c(c2)CCO3)CC1. The standard InChI is InChI=1S/C23H25ClN2O3/c1-28-21-6-4-20(24)15-18(21)3-7-23(27)26-11-9-25(10-12-26)16-17-2-5-22-19(14-17)8-13-29-22/h2-7,14-15H,8-13,16H2,1H3. The van der Waals surface area contributed by atoms with Crippen molar-refractivity contribution in [1.82, 2.24) is 9.80 Å². The molecule has 5 nitrogen and oxygen atoms in total. The number of piperazine rings is 1. The van der Waals surface area contributed by atoms with E-state index in [4.69, 9.17) is 21.1 Å². The van der Waals surface area contributed by atoms with Crippen molar-refractivity contribution in [3.05, 3.63) is 64.2 Å². The fourth-order valence-electron chi connectivity index (χ4n) is 3.82. The molecule has 0 radical (unpaired) electrons. The molecule has 0 unspecified atom stereocenters. The van der Waals surface area contributed by atoms with E-state index in [0.717, 1.165) is 57.1 Å². The number of amides is 1. The first-order valence-electron chi connectivity index (χ1n) is 9.90. The van der Waals surface area contributed by atoms with E-state index in [1.165, 1.54) is 11.1 Å². The summed E-state index contributed by atoms with van der Waals surface area (Å²) in [5.74, 6) is 1.73. The normalized spacial score (nSPS) is 16.7. The molecule has 152 valence electrons. The summed E-state index contributed by atoms with van der Waals surface area (Å²) in [6, 6.07) is 11.8. The second kappa shape index (κ2) is 8.89. The van der Waals surface area contributed by atoms with Gasteiger partial charge in [0.1, 0.15) is 11.5 Å². The van der Waals surface area contributed by atoms with Gasteiger partial charge < -0.3 is 14.4 Å². The minimum Gasteiger partial charge on any atom is -0.496 e. The molecule has 0 N–H and O–H groups in total. The average molecular weight is 413 g/mol. The highest BCUT2D eigenvalue weighted by molar-refractivity contribution is 6.30. The number of nitrogens with zero attached hydrogens (tertiary/aromatic N) is 2. The van der Waals surface area contributed by atoms with Gasteiger partial charge in [0.05, 0.1) is 13.7 Å². The van der Waals surface area contributed by atoms with Crippen molar-refractivity contribution in [2.24, 2.45) is 0 Å². The van der Waals surface area contributed by atoms with Crippen LogP contribution in [0.15, 0.2) is 42.5 Å². The minimum absolute atomic E-state index is 0.0151. The third-order valence-corrected chi connectivity index (χ3v) is 5.68. The van der Waals surface area contributed by atoms with Crippen molar-refractivity contribution >= 4 is 23.6 Å². The van der Waals surface area contributed by atoms with Crippen LogP contribution in [0.5, 0.6) is 11.5 Å². The Morgan fingerprint density at radius 3 is 2.79 bits per heavy atom.